The van der Waals surface area contributed by atoms with Crippen LogP contribution in [0.4, 0.5) is 5.82 Å². The average Bonchev–Trinajstić information content (AvgIpc) is 2.66. The highest BCUT2D eigenvalue weighted by Crippen LogP contribution is 2.17. The molecule has 0 fully saturated rings. The number of benzene rings is 1. The van der Waals surface area contributed by atoms with Gasteiger partial charge in [-0.25, -0.2) is 4.98 Å². The van der Waals surface area contributed by atoms with Crippen molar-refractivity contribution in [3.05, 3.63) is 45.9 Å². The van der Waals surface area contributed by atoms with E-state index < -0.39 is 0 Å². The molecule has 0 amide bonds. The summed E-state index contributed by atoms with van der Waals surface area (Å²) in [6, 6.07) is 7.15. The molecule has 3 rings (SSSR count). The van der Waals surface area contributed by atoms with Gasteiger partial charge in [-0.2, -0.15) is 9.78 Å². The van der Waals surface area contributed by atoms with Crippen molar-refractivity contribution in [2.24, 2.45) is 0 Å². The van der Waals surface area contributed by atoms with E-state index in [2.05, 4.69) is 15.1 Å². The van der Waals surface area contributed by atoms with E-state index in [1.807, 2.05) is 19.9 Å². The van der Waals surface area contributed by atoms with Gasteiger partial charge in [0, 0.05) is 5.56 Å². The molecule has 0 spiro atoms. The van der Waals surface area contributed by atoms with Crippen molar-refractivity contribution >= 4 is 16.7 Å². The molecule has 2 aromatic heterocycles. The first-order valence-electron chi connectivity index (χ1n) is 5.89. The number of hydrogen-bond acceptors (Lipinski definition) is 4. The molecule has 19 heavy (non-hydrogen) atoms. The van der Waals surface area contributed by atoms with E-state index in [0.717, 1.165) is 11.3 Å². The van der Waals surface area contributed by atoms with Crippen molar-refractivity contribution in [2.45, 2.75) is 13.8 Å². The summed E-state index contributed by atoms with van der Waals surface area (Å²) < 4.78 is 1.46. The van der Waals surface area contributed by atoms with Crippen LogP contribution in [0.1, 0.15) is 11.3 Å². The van der Waals surface area contributed by atoms with Crippen molar-refractivity contribution < 1.29 is 0 Å². The fourth-order valence-corrected chi connectivity index (χ4v) is 1.96. The van der Waals surface area contributed by atoms with Gasteiger partial charge < -0.3 is 5.73 Å². The molecule has 0 aliphatic carbocycles. The van der Waals surface area contributed by atoms with Crippen LogP contribution < -0.4 is 11.3 Å². The van der Waals surface area contributed by atoms with Crippen LogP contribution in [0.3, 0.4) is 0 Å². The molecule has 0 unspecified atom stereocenters. The van der Waals surface area contributed by atoms with E-state index in [1.165, 1.54) is 4.68 Å². The molecule has 0 bridgehead atoms. The van der Waals surface area contributed by atoms with Crippen LogP contribution in [-0.4, -0.2) is 19.7 Å². The van der Waals surface area contributed by atoms with Gasteiger partial charge in [0.1, 0.15) is 5.82 Å². The third-order valence-electron chi connectivity index (χ3n) is 3.21. The number of nitrogen functional groups attached to an aromatic ring is 1. The Morgan fingerprint density at radius 3 is 2.68 bits per heavy atom. The Kier molecular flexibility index (Phi) is 2.38. The predicted molar refractivity (Wildman–Crippen MR) is 73.4 cm³/mol. The molecule has 0 aliphatic rings. The third-order valence-corrected chi connectivity index (χ3v) is 3.21. The van der Waals surface area contributed by atoms with Gasteiger partial charge in [-0.15, -0.1) is 0 Å². The van der Waals surface area contributed by atoms with Crippen LogP contribution in [0.5, 0.6) is 0 Å². The maximum absolute atomic E-state index is 12.0. The van der Waals surface area contributed by atoms with Crippen LogP contribution in [0.15, 0.2) is 29.1 Å². The number of anilines is 1. The van der Waals surface area contributed by atoms with E-state index in [1.54, 1.807) is 18.2 Å². The number of aromatic nitrogens is 4. The van der Waals surface area contributed by atoms with E-state index in [0.29, 0.717) is 22.7 Å². The molecule has 0 radical (unpaired) electrons. The molecule has 1 aromatic carbocycles. The molecule has 0 aliphatic heterocycles. The minimum absolute atomic E-state index is 0.203. The Hall–Kier alpha value is -2.63. The molecule has 0 atom stereocenters. The molecule has 0 saturated heterocycles. The second kappa shape index (κ2) is 3.94. The Labute approximate surface area is 108 Å². The Balaban J connectivity index is 2.31. The van der Waals surface area contributed by atoms with E-state index in [-0.39, 0.29) is 5.56 Å². The summed E-state index contributed by atoms with van der Waals surface area (Å²) in [5.74, 6) is 0.813. The molecule has 3 N–H and O–H groups in total. The highest BCUT2D eigenvalue weighted by atomic mass is 16.1. The van der Waals surface area contributed by atoms with Gasteiger partial charge in [0.05, 0.1) is 16.6 Å². The molecular formula is C13H13N5O. The molecule has 2 heterocycles. The molecule has 3 aromatic rings. The zero-order chi connectivity index (χ0) is 13.6. The number of nitrogens with zero attached hydrogens (tertiary/aromatic N) is 3. The SMILES string of the molecule is Cc1nn(-c2nc3ccccc3c(=O)[nH]2)c(N)c1C. The van der Waals surface area contributed by atoms with Gasteiger partial charge in [-0.1, -0.05) is 12.1 Å². The smallest absolute Gasteiger partial charge is 0.260 e. The number of nitrogens with two attached hydrogens (primary N) is 1. The second-order valence-electron chi connectivity index (χ2n) is 4.41. The first kappa shape index (κ1) is 11.5. The number of nitrogens with one attached hydrogen (secondary N) is 1. The van der Waals surface area contributed by atoms with Crippen LogP contribution in [0.2, 0.25) is 0 Å². The molecule has 0 saturated carbocycles. The molecule has 6 heteroatoms. The first-order valence-corrected chi connectivity index (χ1v) is 5.89. The van der Waals surface area contributed by atoms with Gasteiger partial charge in [0.2, 0.25) is 5.95 Å². The predicted octanol–water partition coefficient (Wildman–Crippen LogP) is 1.31. The van der Waals surface area contributed by atoms with Crippen LogP contribution in [0.25, 0.3) is 16.9 Å². The number of hydrogen-bond donors (Lipinski definition) is 2. The maximum Gasteiger partial charge on any atom is 0.260 e. The number of para-hydroxylation sites is 1. The van der Waals surface area contributed by atoms with Crippen molar-refractivity contribution in [1.29, 1.82) is 0 Å². The van der Waals surface area contributed by atoms with E-state index in [4.69, 9.17) is 5.73 Å². The largest absolute Gasteiger partial charge is 0.383 e. The van der Waals surface area contributed by atoms with Crippen molar-refractivity contribution in [3.8, 4) is 5.95 Å². The minimum atomic E-state index is -0.203. The van der Waals surface area contributed by atoms with E-state index >= 15 is 0 Å². The monoisotopic (exact) mass is 255 g/mol. The Morgan fingerprint density at radius 1 is 1.26 bits per heavy atom. The van der Waals surface area contributed by atoms with Crippen molar-refractivity contribution in [3.63, 3.8) is 0 Å². The zero-order valence-electron chi connectivity index (χ0n) is 10.6. The summed E-state index contributed by atoms with van der Waals surface area (Å²) in [4.78, 5) is 19.1. The number of aryl methyl sites for hydroxylation is 1. The first-order chi connectivity index (χ1) is 9.08. The Bertz CT molecular complexity index is 831. The lowest BCUT2D eigenvalue weighted by Gasteiger charge is -2.04. The van der Waals surface area contributed by atoms with Gasteiger partial charge in [0.25, 0.3) is 5.56 Å². The summed E-state index contributed by atoms with van der Waals surface area (Å²) >= 11 is 0. The summed E-state index contributed by atoms with van der Waals surface area (Å²) in [7, 11) is 0. The average molecular weight is 255 g/mol. The lowest BCUT2D eigenvalue weighted by molar-refractivity contribution is 0.807. The van der Waals surface area contributed by atoms with Crippen molar-refractivity contribution in [2.75, 3.05) is 5.73 Å². The number of H-pyrrole nitrogens is 1. The highest BCUT2D eigenvalue weighted by molar-refractivity contribution is 5.77. The Morgan fingerprint density at radius 2 is 2.00 bits per heavy atom. The summed E-state index contributed by atoms with van der Waals surface area (Å²) in [5.41, 5.74) is 8.08. The fourth-order valence-electron chi connectivity index (χ4n) is 1.96. The summed E-state index contributed by atoms with van der Waals surface area (Å²) in [6.45, 7) is 3.74. The zero-order valence-corrected chi connectivity index (χ0v) is 10.6. The number of aromatic amines is 1. The van der Waals surface area contributed by atoms with E-state index in [9.17, 15) is 4.79 Å². The summed E-state index contributed by atoms with van der Waals surface area (Å²) in [5, 5.41) is 4.83. The number of fused-ring (bicyclic) bond motifs is 1. The van der Waals surface area contributed by atoms with Crippen molar-refractivity contribution in [1.82, 2.24) is 19.7 Å². The lowest BCUT2D eigenvalue weighted by atomic mass is 10.2. The topological polar surface area (TPSA) is 89.6 Å². The normalized spacial score (nSPS) is 11.1. The highest BCUT2D eigenvalue weighted by Gasteiger charge is 2.12. The molecule has 96 valence electrons. The lowest BCUT2D eigenvalue weighted by Crippen LogP contribution is -2.15. The van der Waals surface area contributed by atoms with Gasteiger partial charge in [0.15, 0.2) is 0 Å². The molecular weight excluding hydrogens is 242 g/mol. The quantitative estimate of drug-likeness (QED) is 0.686. The van der Waals surface area contributed by atoms with Gasteiger partial charge in [-0.3, -0.25) is 9.78 Å². The summed E-state index contributed by atoms with van der Waals surface area (Å²) in [6.07, 6.45) is 0. The van der Waals surface area contributed by atoms with Gasteiger partial charge >= 0.3 is 0 Å². The fraction of sp³-hybridized carbons (Fsp3) is 0.154. The van der Waals surface area contributed by atoms with Gasteiger partial charge in [-0.05, 0) is 26.0 Å². The van der Waals surface area contributed by atoms with Crippen LogP contribution >= 0.6 is 0 Å². The molecule has 6 nitrogen and oxygen atoms in total. The maximum atomic E-state index is 12.0. The van der Waals surface area contributed by atoms with Crippen LogP contribution in [0, 0.1) is 13.8 Å². The standard InChI is InChI=1S/C13H13N5O/c1-7-8(2)17-18(11(7)14)13-15-10-6-4-3-5-9(10)12(19)16-13/h3-6H,14H2,1-2H3,(H,15,16,19). The minimum Gasteiger partial charge on any atom is -0.383 e. The second-order valence-corrected chi connectivity index (χ2v) is 4.41. The van der Waals surface area contributed by atoms with Crippen LogP contribution in [-0.2, 0) is 0 Å². The third kappa shape index (κ3) is 1.69. The number of rotatable bonds is 1.